The third kappa shape index (κ3) is 3.40. The lowest BCUT2D eigenvalue weighted by Crippen LogP contribution is -2.04. The first-order valence-corrected chi connectivity index (χ1v) is 7.60. The Balaban J connectivity index is 2.04. The van der Waals surface area contributed by atoms with Gasteiger partial charge in [-0.3, -0.25) is 9.19 Å². The summed E-state index contributed by atoms with van der Waals surface area (Å²) in [5.41, 5.74) is 7.56. The number of rotatable bonds is 4. The molecule has 0 saturated carbocycles. The summed E-state index contributed by atoms with van der Waals surface area (Å²) in [6.07, 6.45) is 4.24. The van der Waals surface area contributed by atoms with Crippen LogP contribution in [0.1, 0.15) is 5.56 Å². The quantitative estimate of drug-likeness (QED) is 0.880. The fourth-order valence-corrected chi connectivity index (χ4v) is 3.16. The number of nitrogens with two attached hydrogens (primary N) is 1. The van der Waals surface area contributed by atoms with Crippen LogP contribution in [0.3, 0.4) is 0 Å². The van der Waals surface area contributed by atoms with E-state index >= 15 is 0 Å². The molecule has 1 aromatic heterocycles. The first-order valence-electron chi connectivity index (χ1n) is 5.49. The first kappa shape index (κ1) is 13.2. The van der Waals surface area contributed by atoms with E-state index in [-0.39, 0.29) is 0 Å². The van der Waals surface area contributed by atoms with Crippen LogP contribution in [0.2, 0.25) is 0 Å². The molecule has 0 bridgehead atoms. The molecule has 1 heterocycles. The van der Waals surface area contributed by atoms with E-state index in [0.717, 1.165) is 16.5 Å². The lowest BCUT2D eigenvalue weighted by Gasteiger charge is -2.06. The molecule has 1 atom stereocenters. The molecule has 18 heavy (non-hydrogen) atoms. The predicted octanol–water partition coefficient (Wildman–Crippen LogP) is 2.78. The van der Waals surface area contributed by atoms with Crippen molar-refractivity contribution in [1.29, 1.82) is 0 Å². The molecule has 94 valence electrons. The molecule has 0 fully saturated rings. The molecular weight excluding hydrogens is 312 g/mol. The zero-order chi connectivity index (χ0) is 13.0. The molecule has 0 aliphatic carbocycles. The maximum Gasteiger partial charge on any atom is 0.0618 e. The van der Waals surface area contributed by atoms with Crippen molar-refractivity contribution in [3.8, 4) is 0 Å². The molecule has 5 heteroatoms. The highest BCUT2D eigenvalue weighted by atomic mass is 79.9. The lowest BCUT2D eigenvalue weighted by molar-refractivity contribution is 0.682. The van der Waals surface area contributed by atoms with Crippen LogP contribution in [0, 0.1) is 0 Å². The Morgan fingerprint density at radius 3 is 2.61 bits per heavy atom. The van der Waals surface area contributed by atoms with E-state index in [1.54, 1.807) is 18.5 Å². The third-order valence-corrected chi connectivity index (χ3v) is 4.47. The summed E-state index contributed by atoms with van der Waals surface area (Å²) < 4.78 is 13.0. The number of pyridine rings is 1. The highest BCUT2D eigenvalue weighted by Crippen LogP contribution is 2.22. The van der Waals surface area contributed by atoms with Gasteiger partial charge in [-0.25, -0.2) is 0 Å². The van der Waals surface area contributed by atoms with Gasteiger partial charge in [-0.15, -0.1) is 0 Å². The molecule has 3 nitrogen and oxygen atoms in total. The van der Waals surface area contributed by atoms with Crippen LogP contribution in [0.25, 0.3) is 0 Å². The van der Waals surface area contributed by atoms with Crippen molar-refractivity contribution in [2.24, 2.45) is 0 Å². The summed E-state index contributed by atoms with van der Waals surface area (Å²) in [4.78, 5) is 4.65. The number of nitrogens with zero attached hydrogens (tertiary/aromatic N) is 1. The minimum Gasteiger partial charge on any atom is -0.398 e. The van der Waals surface area contributed by atoms with E-state index in [4.69, 9.17) is 5.73 Å². The molecular formula is C13H13BrN2OS. The number of aryl methyl sites for hydroxylation is 1. The van der Waals surface area contributed by atoms with Gasteiger partial charge < -0.3 is 5.73 Å². The van der Waals surface area contributed by atoms with Gasteiger partial charge in [0.1, 0.15) is 0 Å². The van der Waals surface area contributed by atoms with Gasteiger partial charge in [0, 0.05) is 28.3 Å². The molecule has 0 amide bonds. The highest BCUT2D eigenvalue weighted by Gasteiger charge is 2.08. The average Bonchev–Trinajstić information content (AvgIpc) is 2.37. The number of aromatic nitrogens is 1. The summed E-state index contributed by atoms with van der Waals surface area (Å²) in [5.74, 6) is 0.565. The lowest BCUT2D eigenvalue weighted by atomic mass is 10.2. The SMILES string of the molecule is Nc1cc(Br)ccc1S(=O)CCc1ccncc1. The topological polar surface area (TPSA) is 56.0 Å². The van der Waals surface area contributed by atoms with Crippen LogP contribution in [-0.2, 0) is 17.2 Å². The smallest absolute Gasteiger partial charge is 0.0618 e. The van der Waals surface area contributed by atoms with Gasteiger partial charge in [0.05, 0.1) is 15.7 Å². The Morgan fingerprint density at radius 2 is 1.94 bits per heavy atom. The number of hydrogen-bond donors (Lipinski definition) is 1. The van der Waals surface area contributed by atoms with Gasteiger partial charge in [0.15, 0.2) is 0 Å². The second-order valence-electron chi connectivity index (χ2n) is 3.84. The number of anilines is 1. The fourth-order valence-electron chi connectivity index (χ4n) is 1.60. The summed E-state index contributed by atoms with van der Waals surface area (Å²) in [5, 5.41) is 0. The molecule has 0 aliphatic heterocycles. The van der Waals surface area contributed by atoms with Crippen molar-refractivity contribution in [2.75, 3.05) is 11.5 Å². The Morgan fingerprint density at radius 1 is 1.22 bits per heavy atom. The monoisotopic (exact) mass is 324 g/mol. The second-order valence-corrected chi connectivity index (χ2v) is 6.29. The van der Waals surface area contributed by atoms with Gasteiger partial charge in [0.2, 0.25) is 0 Å². The van der Waals surface area contributed by atoms with Crippen LogP contribution in [0.5, 0.6) is 0 Å². The zero-order valence-electron chi connectivity index (χ0n) is 9.67. The third-order valence-electron chi connectivity index (χ3n) is 2.54. The zero-order valence-corrected chi connectivity index (χ0v) is 12.1. The maximum atomic E-state index is 12.2. The molecule has 0 spiro atoms. The average molecular weight is 325 g/mol. The summed E-state index contributed by atoms with van der Waals surface area (Å²) in [7, 11) is -1.07. The van der Waals surface area contributed by atoms with Crippen LogP contribution in [-0.4, -0.2) is 14.9 Å². The molecule has 2 aromatic rings. The van der Waals surface area contributed by atoms with Crippen LogP contribution in [0.4, 0.5) is 5.69 Å². The summed E-state index contributed by atoms with van der Waals surface area (Å²) in [6.45, 7) is 0. The van der Waals surface area contributed by atoms with Crippen molar-refractivity contribution < 1.29 is 4.21 Å². The van der Waals surface area contributed by atoms with Gasteiger partial charge in [-0.05, 0) is 42.3 Å². The summed E-state index contributed by atoms with van der Waals surface area (Å²) >= 11 is 3.34. The van der Waals surface area contributed by atoms with Crippen LogP contribution in [0.15, 0.2) is 52.1 Å². The van der Waals surface area contributed by atoms with E-state index in [1.165, 1.54) is 0 Å². The number of halogens is 1. The Bertz CT molecular complexity index is 560. The van der Waals surface area contributed by atoms with E-state index in [0.29, 0.717) is 16.3 Å². The van der Waals surface area contributed by atoms with Crippen molar-refractivity contribution in [3.63, 3.8) is 0 Å². The number of benzene rings is 1. The molecule has 2 N–H and O–H groups in total. The normalized spacial score (nSPS) is 12.3. The molecule has 2 rings (SSSR count). The predicted molar refractivity (Wildman–Crippen MR) is 77.8 cm³/mol. The molecule has 0 aliphatic rings. The van der Waals surface area contributed by atoms with Gasteiger partial charge in [-0.1, -0.05) is 15.9 Å². The minimum absolute atomic E-state index is 0.565. The molecule has 0 radical (unpaired) electrons. The molecule has 0 saturated heterocycles. The number of nitrogen functional groups attached to an aromatic ring is 1. The maximum absolute atomic E-state index is 12.2. The van der Waals surface area contributed by atoms with Crippen LogP contribution < -0.4 is 5.73 Å². The van der Waals surface area contributed by atoms with Crippen molar-refractivity contribution in [3.05, 3.63) is 52.8 Å². The second kappa shape index (κ2) is 6.11. The Labute approximate surface area is 117 Å². The summed E-state index contributed by atoms with van der Waals surface area (Å²) in [6, 6.07) is 9.31. The van der Waals surface area contributed by atoms with Crippen molar-refractivity contribution in [1.82, 2.24) is 4.98 Å². The van der Waals surface area contributed by atoms with E-state index in [2.05, 4.69) is 20.9 Å². The van der Waals surface area contributed by atoms with Crippen LogP contribution >= 0.6 is 15.9 Å². The van der Waals surface area contributed by atoms with E-state index in [9.17, 15) is 4.21 Å². The highest BCUT2D eigenvalue weighted by molar-refractivity contribution is 9.10. The fraction of sp³-hybridized carbons (Fsp3) is 0.154. The molecule has 1 aromatic carbocycles. The van der Waals surface area contributed by atoms with Gasteiger partial charge >= 0.3 is 0 Å². The Kier molecular flexibility index (Phi) is 4.49. The van der Waals surface area contributed by atoms with Crippen molar-refractivity contribution in [2.45, 2.75) is 11.3 Å². The minimum atomic E-state index is -1.07. The molecule has 1 unspecified atom stereocenters. The van der Waals surface area contributed by atoms with E-state index in [1.807, 2.05) is 24.3 Å². The van der Waals surface area contributed by atoms with E-state index < -0.39 is 10.8 Å². The van der Waals surface area contributed by atoms with Crippen molar-refractivity contribution >= 4 is 32.4 Å². The number of hydrogen-bond acceptors (Lipinski definition) is 3. The standard InChI is InChI=1S/C13H13BrN2OS/c14-11-1-2-13(12(15)9-11)18(17)8-5-10-3-6-16-7-4-10/h1-4,6-7,9H,5,8,15H2. The largest absolute Gasteiger partial charge is 0.398 e. The van der Waals surface area contributed by atoms with Gasteiger partial charge in [0.25, 0.3) is 0 Å². The van der Waals surface area contributed by atoms with Gasteiger partial charge in [-0.2, -0.15) is 0 Å². The first-order chi connectivity index (χ1) is 8.66. The Hall–Kier alpha value is -1.20.